The molecule has 2 aliphatic rings. The minimum absolute atomic E-state index is 0.0490. The lowest BCUT2D eigenvalue weighted by molar-refractivity contribution is 0.111. The van der Waals surface area contributed by atoms with Gasteiger partial charge in [-0.3, -0.25) is 4.79 Å². The summed E-state index contributed by atoms with van der Waals surface area (Å²) < 4.78 is 67.4. The Bertz CT molecular complexity index is 2370. The van der Waals surface area contributed by atoms with Crippen molar-refractivity contribution >= 4 is 355 Å². The van der Waals surface area contributed by atoms with Crippen LogP contribution < -0.4 is 10.2 Å². The van der Waals surface area contributed by atoms with Crippen LogP contribution in [0.15, 0.2) is 37.9 Å². The van der Waals surface area contributed by atoms with Crippen molar-refractivity contribution in [2.75, 3.05) is 7.11 Å². The van der Waals surface area contributed by atoms with E-state index in [1.165, 1.54) is 12.8 Å². The van der Waals surface area contributed by atoms with Crippen LogP contribution in [0.25, 0.3) is 11.5 Å². The number of aromatic nitrogens is 4. The molecule has 0 amide bonds. The number of carbonyl (C=O) groups excluding carboxylic acids is 1. The smallest absolute Gasteiger partial charge is 0.488 e. The quantitative estimate of drug-likeness (QED) is 0.0301. The Hall–Kier alpha value is 13.6. The number of hydrogen-bond donors (Lipinski definition) is 2. The highest BCUT2D eigenvalue weighted by atomic mass is 79.9. The average Bonchev–Trinajstić information content (AvgIpc) is 4.27. The predicted molar refractivity (Wildman–Crippen MR) is 469 cm³/mol. The third-order valence-corrected chi connectivity index (χ3v) is 281. The van der Waals surface area contributed by atoms with E-state index in [1.54, 1.807) is 0 Å². The minimum Gasteiger partial charge on any atom is -0.491 e. The summed E-state index contributed by atoms with van der Waals surface area (Å²) >= 11 is 3.09. The van der Waals surface area contributed by atoms with Crippen LogP contribution in [0.3, 0.4) is 0 Å². The maximum atomic E-state index is 13.4. The topological polar surface area (TPSA) is 145 Å². The molecule has 6 rings (SSSR count). The van der Waals surface area contributed by atoms with Gasteiger partial charge in [-0.1, -0.05) is 0 Å². The molecule has 2 fully saturated rings. The van der Waals surface area contributed by atoms with E-state index in [0.29, 0.717) is 16.6 Å². The van der Waals surface area contributed by atoms with Gasteiger partial charge in [-0.2, -0.15) is 0 Å². The average molecular weight is 1910 g/mol. The van der Waals surface area contributed by atoms with E-state index in [9.17, 15) is 22.4 Å². The first kappa shape index (κ1) is 87.8. The predicted octanol–water partition coefficient (Wildman–Crippen LogP) is 27.3. The fraction of sp³-hybridized carbons (Fsp3) is 0.292. The van der Waals surface area contributed by atoms with Gasteiger partial charge in [-0.25, -0.2) is 17.6 Å². The molecule has 0 bridgehead atoms. The molecule has 0 aliphatic heterocycles. The van der Waals surface area contributed by atoms with Crippen molar-refractivity contribution < 1.29 is 46.0 Å². The van der Waals surface area contributed by atoms with Crippen LogP contribution in [0.2, 0.25) is 0 Å². The van der Waals surface area contributed by atoms with Crippen LogP contribution in [0, 0.1) is 23.3 Å². The van der Waals surface area contributed by atoms with Crippen LogP contribution in [0.1, 0.15) is 59.7 Å². The molecule has 2 N–H and O–H groups in total. The second kappa shape index (κ2) is 44.8. The first-order valence-electron chi connectivity index (χ1n) is 20.8. The van der Waals surface area contributed by atoms with Gasteiger partial charge in [-0.15, -0.1) is 208 Å². The van der Waals surface area contributed by atoms with Gasteiger partial charge in [0, 0.05) is 33.3 Å². The van der Waals surface area contributed by atoms with Crippen molar-refractivity contribution in [2.45, 2.75) is 37.5 Å². The molecule has 0 saturated heterocycles. The van der Waals surface area contributed by atoms with Crippen LogP contribution in [-0.4, -0.2) is 51.0 Å². The van der Waals surface area contributed by atoms with Crippen molar-refractivity contribution in [1.82, 2.24) is 20.4 Å². The normalized spacial score (nSPS) is 14.9. The van der Waals surface area contributed by atoms with E-state index in [2.05, 4.69) is 229 Å². The van der Waals surface area contributed by atoms with E-state index >= 15 is 0 Å². The highest BCUT2D eigenvalue weighted by Gasteiger charge is 2.55. The lowest BCUT2D eigenvalue weighted by Gasteiger charge is -2.56. The lowest BCUT2D eigenvalue weighted by Crippen LogP contribution is -2.30. The lowest BCUT2D eigenvalue weighted by atomic mass is 9.80. The molecule has 10 nitrogen and oxygen atoms in total. The Kier molecular flexibility index (Phi) is 49.2. The molecule has 2 aliphatic carbocycles. The zero-order valence-corrected chi connectivity index (χ0v) is 84.1. The molecule has 4 aromatic rings. The Morgan fingerprint density at radius 3 is 1.12 bits per heavy atom. The van der Waals surface area contributed by atoms with Gasteiger partial charge in [-0.05, 0) is 188 Å². The minimum atomic E-state index is -1.89. The Labute approximate surface area is 547 Å². The van der Waals surface area contributed by atoms with Gasteiger partial charge in [0.15, 0.2) is 23.7 Å². The standard InChI is InChI=1S/C12H8F2N2O2.C7H7BF2O3.C5H5BrN2O.H42P40/c13-9-3-7(4-10(14)8(9)5-17)12-16-15-11(18-12)6-1-2-6;1-13-7-5(9)2-4(8(11)12)3-6(7)10;6-5-8-7-4(9-5)3-1-2-3;1-22(2)32(21)37(31(19)20)40(38(33(23(3)4)24(5)6)34(25(7)8)26(9)10)39(35(27(11)12)28(13)14)36(29(15)16)30(17)18/h3-6H,1-2H2;2-3,11-12H,1H3;3H,1-2H2;1-21H2. The Morgan fingerprint density at radius 2 is 0.850 bits per heavy atom. The number of ether oxygens (including phenoxy) is 1. The van der Waals surface area contributed by atoms with Gasteiger partial charge in [0.2, 0.25) is 17.7 Å². The summed E-state index contributed by atoms with van der Waals surface area (Å²) in [7, 11) is 70.4. The zero-order valence-electron chi connectivity index (χ0n) is 41.3. The van der Waals surface area contributed by atoms with Gasteiger partial charge < -0.3 is 23.6 Å². The summed E-state index contributed by atoms with van der Waals surface area (Å²) in [6, 6.07) is 3.62. The molecule has 2 saturated carbocycles. The van der Waals surface area contributed by atoms with Crippen molar-refractivity contribution in [2.24, 2.45) is 0 Å². The summed E-state index contributed by atoms with van der Waals surface area (Å²) in [5, 5.41) is 32.3. The van der Waals surface area contributed by atoms with E-state index in [1.807, 2.05) is 0 Å². The molecule has 0 radical (unpaired) electrons. The monoisotopic (exact) mass is 1910 g/mol. The Balaban J connectivity index is 0.000000335. The fourth-order valence-corrected chi connectivity index (χ4v) is 546. The number of carbonyl (C=O) groups is 1. The van der Waals surface area contributed by atoms with Gasteiger partial charge >= 0.3 is 7.12 Å². The number of methoxy groups -OCH3 is 1. The summed E-state index contributed by atoms with van der Waals surface area (Å²) in [4.78, 5) is 11.0. The number of halogens is 5. The summed E-state index contributed by atoms with van der Waals surface area (Å²) in [6.45, 7) is -1.80. The molecule has 23 unspecified atom stereocenters. The molecule has 2 aromatic heterocycles. The van der Waals surface area contributed by atoms with Crippen molar-refractivity contribution in [3.05, 3.63) is 69.7 Å². The zero-order chi connectivity index (χ0) is 60.9. The molecule has 23 atom stereocenters. The van der Waals surface area contributed by atoms with Crippen LogP contribution in [0.5, 0.6) is 5.75 Å². The van der Waals surface area contributed by atoms with Crippen LogP contribution in [-0.2, 0) is 0 Å². The number of aldehydes is 1. The molecule has 452 valence electrons. The maximum Gasteiger partial charge on any atom is 0.488 e. The highest BCUT2D eigenvalue weighted by Crippen LogP contribution is 3.43. The molecular weight excluding hydrogens is 1850 g/mol. The second-order valence-electron chi connectivity index (χ2n) is 15.0. The maximum absolute atomic E-state index is 13.4. The third-order valence-electron chi connectivity index (χ3n) is 9.08. The van der Waals surface area contributed by atoms with Crippen molar-refractivity contribution in [1.29, 1.82) is 0 Å². The molecule has 2 aromatic carbocycles. The third kappa shape index (κ3) is 28.8. The fourth-order valence-electron chi connectivity index (χ4n) is 5.53. The highest BCUT2D eigenvalue weighted by molar-refractivity contribution is 9.48. The van der Waals surface area contributed by atoms with Crippen molar-refractivity contribution in [3.8, 4) is 17.2 Å². The van der Waals surface area contributed by atoms with Gasteiger partial charge in [0.1, 0.15) is 11.6 Å². The first-order chi connectivity index (χ1) is 37.2. The largest absolute Gasteiger partial charge is 0.491 e. The molecule has 56 heteroatoms. The van der Waals surface area contributed by atoms with Gasteiger partial charge in [0.25, 0.3) is 4.80 Å². The Morgan fingerprint density at radius 1 is 0.512 bits per heavy atom. The van der Waals surface area contributed by atoms with Crippen LogP contribution in [0.4, 0.5) is 17.6 Å². The summed E-state index contributed by atoms with van der Waals surface area (Å²) in [6.07, 6.45) is 4.53. The first-order valence-corrected chi connectivity index (χ1v) is 93.8. The van der Waals surface area contributed by atoms with Gasteiger partial charge in [0.05, 0.1) is 12.7 Å². The second-order valence-corrected chi connectivity index (χ2v) is 179. The van der Waals surface area contributed by atoms with E-state index in [4.69, 9.17) is 18.9 Å². The number of benzene rings is 2. The summed E-state index contributed by atoms with van der Waals surface area (Å²) in [5.74, 6) is -2.18. The van der Waals surface area contributed by atoms with E-state index in [0.717, 1.165) is 50.1 Å². The summed E-state index contributed by atoms with van der Waals surface area (Å²) in [5.41, 5.74) is -0.716. The van der Waals surface area contributed by atoms with Crippen LogP contribution >= 0.6 is 336 Å². The van der Waals surface area contributed by atoms with E-state index < -0.39 is 41.7 Å². The molecule has 80 heavy (non-hydrogen) atoms. The molecular formula is C24H62BBrF4N4O6P40. The number of nitrogens with zero attached hydrogens (tertiary/aromatic N) is 4. The molecule has 0 spiro atoms. The van der Waals surface area contributed by atoms with E-state index in [-0.39, 0.29) is 162 Å². The SMILES string of the molecule is Brc1nnc(C2CC2)o1.COc1c(F)cc(B(O)O)cc1F.O=Cc1c(F)cc(-c2nnc(C3CC3)o2)cc1F.PP(P)P(P)P(P(P)P)P(P(P(P(P)P)P(P)P)P(P(P)P)P(P)P)P(P(P(P)P)P(P)P)P(P(P)P)P(P)P. The molecule has 2 heterocycles. The number of rotatable bonds is 24. The van der Waals surface area contributed by atoms with Crippen molar-refractivity contribution in [3.63, 3.8) is 0 Å². The number of hydrogen-bond acceptors (Lipinski definition) is 10.